The van der Waals surface area contributed by atoms with E-state index >= 15 is 0 Å². The summed E-state index contributed by atoms with van der Waals surface area (Å²) in [5.74, 6) is 0. The van der Waals surface area contributed by atoms with E-state index in [1.54, 1.807) is 0 Å². The van der Waals surface area contributed by atoms with Crippen molar-refractivity contribution in [2.24, 2.45) is 0 Å². The van der Waals surface area contributed by atoms with Crippen molar-refractivity contribution in [2.45, 2.75) is 0 Å². The molecule has 14 heavy (non-hydrogen) atoms. The third-order valence-corrected chi connectivity index (χ3v) is 1.11. The van der Waals surface area contributed by atoms with E-state index in [4.69, 9.17) is 19.1 Å². The molecule has 0 aromatic heterocycles. The quantitative estimate of drug-likeness (QED) is 0.487. The minimum atomic E-state index is -0.106. The molecule has 0 saturated heterocycles. The molecule has 0 amide bonds. The average Bonchev–Trinajstić information content (AvgIpc) is 2.85. The van der Waals surface area contributed by atoms with Crippen LogP contribution in [0.2, 0.25) is 0 Å². The van der Waals surface area contributed by atoms with Gasteiger partial charge in [0.25, 0.3) is 0 Å². The Balaban J connectivity index is 0. The zero-order chi connectivity index (χ0) is 9.78. The van der Waals surface area contributed by atoms with Crippen LogP contribution in [0.4, 0.5) is 0 Å². The van der Waals surface area contributed by atoms with E-state index in [0.29, 0.717) is 0 Å². The molecule has 0 fully saturated rings. The summed E-state index contributed by atoms with van der Waals surface area (Å²) in [4.78, 5) is 0. The Morgan fingerprint density at radius 1 is 0.714 bits per heavy atom. The van der Waals surface area contributed by atoms with Gasteiger partial charge in [-0.05, 0) is 0 Å². The van der Waals surface area contributed by atoms with Gasteiger partial charge in [-0.2, -0.15) is 36.4 Å². The van der Waals surface area contributed by atoms with Crippen LogP contribution >= 0.6 is 19.1 Å². The molecular weight excluding hydrogens is 353 g/mol. The fourth-order valence-electron chi connectivity index (χ4n) is 0.642. The van der Waals surface area contributed by atoms with E-state index in [1.165, 1.54) is 0 Å². The maximum atomic E-state index is 4.81. The van der Waals surface area contributed by atoms with Crippen molar-refractivity contribution in [1.29, 1.82) is 0 Å². The van der Waals surface area contributed by atoms with Crippen LogP contribution in [0.25, 0.3) is 0 Å². The second-order valence-corrected chi connectivity index (χ2v) is 4.33. The summed E-state index contributed by atoms with van der Waals surface area (Å²) in [5.41, 5.74) is 0. The number of hydrogen-bond acceptors (Lipinski definition) is 0. The van der Waals surface area contributed by atoms with Gasteiger partial charge in [0.1, 0.15) is 0 Å². The molecule has 0 atom stereocenters. The van der Waals surface area contributed by atoms with E-state index in [-0.39, 0.29) is 33.0 Å². The predicted molar refractivity (Wildman–Crippen MR) is 55.8 cm³/mol. The van der Waals surface area contributed by atoms with Gasteiger partial charge in [-0.1, -0.05) is 0 Å². The van der Waals surface area contributed by atoms with E-state index in [0.717, 1.165) is 0 Å². The van der Waals surface area contributed by atoms with Gasteiger partial charge in [-0.25, -0.2) is 24.3 Å². The number of hydrogen-bond donors (Lipinski definition) is 0. The third-order valence-electron chi connectivity index (χ3n) is 1.11. The molecule has 0 saturated carbocycles. The molecule has 4 heteroatoms. The van der Waals surface area contributed by atoms with E-state index in [9.17, 15) is 0 Å². The van der Waals surface area contributed by atoms with Gasteiger partial charge in [0, 0.05) is 0 Å². The smallest absolute Gasteiger partial charge is 0.214 e. The maximum Gasteiger partial charge on any atom is 2.00 e. The molecule has 0 nitrogen and oxygen atoms in total. The van der Waals surface area contributed by atoms with Crippen molar-refractivity contribution in [1.82, 2.24) is 0 Å². The summed E-state index contributed by atoms with van der Waals surface area (Å²) >= 11 is -0.106. The van der Waals surface area contributed by atoms with Gasteiger partial charge in [0.15, 0.2) is 0 Å². The first-order valence-electron chi connectivity index (χ1n) is 3.57. The van der Waals surface area contributed by atoms with Crippen molar-refractivity contribution in [3.8, 4) is 0 Å². The van der Waals surface area contributed by atoms with Crippen LogP contribution in [0, 0.1) is 0 Å². The predicted octanol–water partition coefficient (Wildman–Crippen LogP) is 4.19. The monoisotopic (exact) mass is 362 g/mol. The van der Waals surface area contributed by atoms with Gasteiger partial charge >= 0.3 is 52.1 Å². The molecular formula is C10H10Cl2FePd-. The molecule has 0 spiro atoms. The van der Waals surface area contributed by atoms with Crippen LogP contribution in [0.1, 0.15) is 0 Å². The Hall–Kier alpha value is 0.462. The Bertz CT molecular complexity index is 170. The number of rotatable bonds is 0. The van der Waals surface area contributed by atoms with Gasteiger partial charge in [0.2, 0.25) is 0 Å². The molecule has 2 rings (SSSR count). The second kappa shape index (κ2) is 15.9. The summed E-state index contributed by atoms with van der Waals surface area (Å²) in [7, 11) is 9.63. The van der Waals surface area contributed by atoms with Crippen LogP contribution < -0.4 is 0 Å². The first-order valence-corrected chi connectivity index (χ1v) is 7.58. The minimum absolute atomic E-state index is 0. The van der Waals surface area contributed by atoms with Gasteiger partial charge < -0.3 is 0 Å². The summed E-state index contributed by atoms with van der Waals surface area (Å²) in [6, 6.07) is 20.0. The second-order valence-electron chi connectivity index (χ2n) is 1.97. The molecule has 0 N–H and O–H groups in total. The topological polar surface area (TPSA) is 0 Å². The molecule has 2 aromatic carbocycles. The SMILES string of the molecule is [Cl][Pd-][Cl].[Fe+2].c1cc[cH-]c1.c1cc[cH-]c1. The Morgan fingerprint density at radius 2 is 0.929 bits per heavy atom. The molecule has 2 aromatic rings. The molecule has 0 bridgehead atoms. The minimum Gasteiger partial charge on any atom is -0.214 e. The average molecular weight is 363 g/mol. The fourth-order valence-corrected chi connectivity index (χ4v) is 0.642. The van der Waals surface area contributed by atoms with E-state index in [1.807, 2.05) is 60.7 Å². The maximum absolute atomic E-state index is 4.81. The fraction of sp³-hybridized carbons (Fsp3) is 0. The van der Waals surface area contributed by atoms with Crippen LogP contribution in [-0.2, 0) is 33.0 Å². The summed E-state index contributed by atoms with van der Waals surface area (Å²) in [6.07, 6.45) is 0. The third kappa shape index (κ3) is 15.0. The molecule has 0 aliphatic rings. The van der Waals surface area contributed by atoms with Crippen LogP contribution in [-0.4, -0.2) is 0 Å². The van der Waals surface area contributed by atoms with Crippen LogP contribution in [0.3, 0.4) is 0 Å². The van der Waals surface area contributed by atoms with Crippen LogP contribution in [0.5, 0.6) is 0 Å². The zero-order valence-corrected chi connectivity index (χ0v) is 11.4. The van der Waals surface area contributed by atoms with Crippen molar-refractivity contribution in [3.05, 3.63) is 60.7 Å². The summed E-state index contributed by atoms with van der Waals surface area (Å²) in [5, 5.41) is 0. The van der Waals surface area contributed by atoms with Crippen molar-refractivity contribution in [2.75, 3.05) is 0 Å². The summed E-state index contributed by atoms with van der Waals surface area (Å²) in [6.45, 7) is 0. The Labute approximate surface area is 112 Å². The van der Waals surface area contributed by atoms with E-state index in [2.05, 4.69) is 0 Å². The zero-order valence-electron chi connectivity index (χ0n) is 7.20. The molecule has 83 valence electrons. The first kappa shape index (κ1) is 16.9. The van der Waals surface area contributed by atoms with Crippen molar-refractivity contribution < 1.29 is 33.0 Å². The number of halogens is 2. The van der Waals surface area contributed by atoms with Crippen molar-refractivity contribution >= 4 is 19.1 Å². The Kier molecular flexibility index (Phi) is 19.2. The van der Waals surface area contributed by atoms with Crippen molar-refractivity contribution in [3.63, 3.8) is 0 Å². The standard InChI is InChI=1S/2C5H5.2ClH.Fe.Pd/c2*1-2-4-5-3-1;;;;/h2*1-5H;2*1H;;/q2*-1;;;+2;+1/p-2. The van der Waals surface area contributed by atoms with Gasteiger partial charge in [-0.3, -0.25) is 0 Å². The Morgan fingerprint density at radius 3 is 1.00 bits per heavy atom. The van der Waals surface area contributed by atoms with E-state index < -0.39 is 0 Å². The first-order chi connectivity index (χ1) is 6.41. The normalized spacial score (nSPS) is 7.29. The molecule has 0 radical (unpaired) electrons. The molecule has 0 aliphatic heterocycles. The molecule has 0 unspecified atom stereocenters. The molecule has 0 heterocycles. The largest absolute Gasteiger partial charge is 2.00 e. The van der Waals surface area contributed by atoms with Gasteiger partial charge in [0.05, 0.1) is 0 Å². The molecule has 0 aliphatic carbocycles. The summed E-state index contributed by atoms with van der Waals surface area (Å²) < 4.78 is 0. The van der Waals surface area contributed by atoms with Gasteiger partial charge in [-0.15, -0.1) is 0 Å². The van der Waals surface area contributed by atoms with Crippen LogP contribution in [0.15, 0.2) is 60.7 Å².